The standard InChI is InChI=1S/C18H22N6O/c1-12-4-3-5-24-11-14(22-17(12)24)7-20-18(25)16-9-19-8-15(16)13-6-21-23(2)10-13/h3-6,10-11,15-16,19H,7-9H2,1-2H3,(H,20,25)/t15-,16+/m1/s1. The monoisotopic (exact) mass is 338 g/mol. The van der Waals surface area contributed by atoms with Gasteiger partial charge in [-0.05, 0) is 24.1 Å². The van der Waals surface area contributed by atoms with E-state index in [0.29, 0.717) is 13.1 Å². The molecular formula is C18H22N6O. The Morgan fingerprint density at radius 1 is 1.40 bits per heavy atom. The first kappa shape index (κ1) is 15.8. The molecule has 7 heteroatoms. The molecule has 4 heterocycles. The molecule has 1 saturated heterocycles. The molecule has 2 atom stereocenters. The van der Waals surface area contributed by atoms with Gasteiger partial charge in [-0.15, -0.1) is 0 Å². The largest absolute Gasteiger partial charge is 0.350 e. The first-order chi connectivity index (χ1) is 12.1. The number of carbonyl (C=O) groups is 1. The van der Waals surface area contributed by atoms with Crippen molar-refractivity contribution in [2.75, 3.05) is 13.1 Å². The lowest BCUT2D eigenvalue weighted by Crippen LogP contribution is -2.34. The van der Waals surface area contributed by atoms with Crippen molar-refractivity contribution in [1.82, 2.24) is 29.8 Å². The molecule has 1 fully saturated rings. The summed E-state index contributed by atoms with van der Waals surface area (Å²) in [5, 5.41) is 10.6. The van der Waals surface area contributed by atoms with Gasteiger partial charge in [0.25, 0.3) is 0 Å². The molecule has 0 saturated carbocycles. The number of hydrogen-bond donors (Lipinski definition) is 2. The topological polar surface area (TPSA) is 76.2 Å². The van der Waals surface area contributed by atoms with Gasteiger partial charge in [0.15, 0.2) is 0 Å². The van der Waals surface area contributed by atoms with Crippen LogP contribution in [0.5, 0.6) is 0 Å². The molecule has 0 spiro atoms. The summed E-state index contributed by atoms with van der Waals surface area (Å²) < 4.78 is 3.77. The number of imidazole rings is 1. The van der Waals surface area contributed by atoms with Crippen LogP contribution in [0, 0.1) is 12.8 Å². The molecule has 2 N–H and O–H groups in total. The maximum atomic E-state index is 12.7. The van der Waals surface area contributed by atoms with Crippen molar-refractivity contribution in [1.29, 1.82) is 0 Å². The lowest BCUT2D eigenvalue weighted by atomic mass is 9.90. The maximum Gasteiger partial charge on any atom is 0.225 e. The lowest BCUT2D eigenvalue weighted by molar-refractivity contribution is -0.125. The van der Waals surface area contributed by atoms with Crippen LogP contribution in [-0.2, 0) is 18.4 Å². The summed E-state index contributed by atoms with van der Waals surface area (Å²) in [6.07, 6.45) is 7.78. The van der Waals surface area contributed by atoms with Gasteiger partial charge >= 0.3 is 0 Å². The van der Waals surface area contributed by atoms with Gasteiger partial charge in [-0.1, -0.05) is 6.07 Å². The van der Waals surface area contributed by atoms with Gasteiger partial charge in [-0.2, -0.15) is 5.10 Å². The smallest absolute Gasteiger partial charge is 0.225 e. The van der Waals surface area contributed by atoms with E-state index in [4.69, 9.17) is 0 Å². The number of fused-ring (bicyclic) bond motifs is 1. The summed E-state index contributed by atoms with van der Waals surface area (Å²) in [7, 11) is 1.90. The Kier molecular flexibility index (Phi) is 4.01. The minimum absolute atomic E-state index is 0.0626. The molecular weight excluding hydrogens is 316 g/mol. The normalized spacial score (nSPS) is 20.2. The fraction of sp³-hybridized carbons (Fsp3) is 0.389. The predicted molar refractivity (Wildman–Crippen MR) is 94.1 cm³/mol. The number of carbonyl (C=O) groups excluding carboxylic acids is 1. The summed E-state index contributed by atoms with van der Waals surface area (Å²) >= 11 is 0. The van der Waals surface area contributed by atoms with E-state index in [1.54, 1.807) is 4.68 Å². The minimum atomic E-state index is -0.0806. The minimum Gasteiger partial charge on any atom is -0.350 e. The van der Waals surface area contributed by atoms with Crippen LogP contribution in [0.3, 0.4) is 0 Å². The van der Waals surface area contributed by atoms with E-state index in [9.17, 15) is 4.79 Å². The van der Waals surface area contributed by atoms with E-state index in [1.165, 1.54) is 0 Å². The average Bonchev–Trinajstić information content (AvgIpc) is 3.31. The van der Waals surface area contributed by atoms with Crippen LogP contribution in [0.2, 0.25) is 0 Å². The zero-order valence-corrected chi connectivity index (χ0v) is 14.4. The van der Waals surface area contributed by atoms with Gasteiger partial charge in [0.2, 0.25) is 5.91 Å². The molecule has 0 aliphatic carbocycles. The second-order valence-corrected chi connectivity index (χ2v) is 6.69. The van der Waals surface area contributed by atoms with Crippen molar-refractivity contribution >= 4 is 11.6 Å². The molecule has 1 amide bonds. The van der Waals surface area contributed by atoms with Crippen LogP contribution in [0.1, 0.15) is 22.7 Å². The number of aryl methyl sites for hydroxylation is 2. The van der Waals surface area contributed by atoms with Gasteiger partial charge in [0.05, 0.1) is 24.4 Å². The molecule has 4 rings (SSSR count). The Morgan fingerprint density at radius 3 is 3.04 bits per heavy atom. The Labute approximate surface area is 146 Å². The molecule has 0 aromatic carbocycles. The van der Waals surface area contributed by atoms with E-state index in [2.05, 4.69) is 20.7 Å². The molecule has 1 aliphatic rings. The van der Waals surface area contributed by atoms with E-state index >= 15 is 0 Å². The van der Waals surface area contributed by atoms with Crippen LogP contribution in [0.25, 0.3) is 5.65 Å². The summed E-state index contributed by atoms with van der Waals surface area (Å²) in [6.45, 7) is 3.97. The number of rotatable bonds is 4. The van der Waals surface area contributed by atoms with E-state index in [1.807, 2.05) is 55.3 Å². The summed E-state index contributed by atoms with van der Waals surface area (Å²) in [5.74, 6) is 0.146. The number of amides is 1. The molecule has 0 bridgehead atoms. The Morgan fingerprint density at radius 2 is 2.28 bits per heavy atom. The highest BCUT2D eigenvalue weighted by Gasteiger charge is 2.34. The lowest BCUT2D eigenvalue weighted by Gasteiger charge is -2.16. The van der Waals surface area contributed by atoms with Crippen LogP contribution < -0.4 is 10.6 Å². The number of pyridine rings is 1. The highest BCUT2D eigenvalue weighted by atomic mass is 16.1. The molecule has 0 radical (unpaired) electrons. The van der Waals surface area contributed by atoms with Gasteiger partial charge in [-0.3, -0.25) is 9.48 Å². The predicted octanol–water partition coefficient (Wildman–Crippen LogP) is 0.996. The summed E-state index contributed by atoms with van der Waals surface area (Å²) in [5.41, 5.74) is 4.03. The second kappa shape index (κ2) is 6.33. The van der Waals surface area contributed by atoms with Crippen molar-refractivity contribution < 1.29 is 4.79 Å². The number of hydrogen-bond acceptors (Lipinski definition) is 4. The maximum absolute atomic E-state index is 12.7. The van der Waals surface area contributed by atoms with Crippen LogP contribution in [0.4, 0.5) is 0 Å². The number of nitrogens with zero attached hydrogens (tertiary/aromatic N) is 4. The summed E-state index contributed by atoms with van der Waals surface area (Å²) in [4.78, 5) is 17.3. The van der Waals surface area contributed by atoms with Crippen LogP contribution in [-0.4, -0.2) is 38.2 Å². The molecule has 0 unspecified atom stereocenters. The van der Waals surface area contributed by atoms with Gasteiger partial charge in [0.1, 0.15) is 5.65 Å². The first-order valence-electron chi connectivity index (χ1n) is 8.52. The van der Waals surface area contributed by atoms with Crippen molar-refractivity contribution in [3.63, 3.8) is 0 Å². The first-order valence-corrected chi connectivity index (χ1v) is 8.52. The zero-order valence-electron chi connectivity index (χ0n) is 14.4. The third-order valence-corrected chi connectivity index (χ3v) is 4.88. The van der Waals surface area contributed by atoms with Crippen molar-refractivity contribution in [3.8, 4) is 0 Å². The third-order valence-electron chi connectivity index (χ3n) is 4.88. The Hall–Kier alpha value is -2.67. The fourth-order valence-corrected chi connectivity index (χ4v) is 3.53. The second-order valence-electron chi connectivity index (χ2n) is 6.69. The van der Waals surface area contributed by atoms with Crippen molar-refractivity contribution in [2.45, 2.75) is 19.4 Å². The fourth-order valence-electron chi connectivity index (χ4n) is 3.53. The molecule has 3 aromatic heterocycles. The van der Waals surface area contributed by atoms with Crippen molar-refractivity contribution in [2.24, 2.45) is 13.0 Å². The van der Waals surface area contributed by atoms with Crippen LogP contribution in [0.15, 0.2) is 36.9 Å². The highest BCUT2D eigenvalue weighted by Crippen LogP contribution is 2.27. The quantitative estimate of drug-likeness (QED) is 0.744. The Balaban J connectivity index is 1.45. The summed E-state index contributed by atoms with van der Waals surface area (Å²) in [6, 6.07) is 4.03. The third kappa shape index (κ3) is 3.02. The molecule has 3 aromatic rings. The number of aromatic nitrogens is 4. The van der Waals surface area contributed by atoms with Gasteiger partial charge < -0.3 is 15.0 Å². The molecule has 1 aliphatic heterocycles. The van der Waals surface area contributed by atoms with Gasteiger partial charge in [-0.25, -0.2) is 4.98 Å². The number of nitrogens with one attached hydrogen (secondary N) is 2. The molecule has 130 valence electrons. The van der Waals surface area contributed by atoms with Crippen molar-refractivity contribution in [3.05, 3.63) is 53.7 Å². The Bertz CT molecular complexity index is 911. The molecule has 25 heavy (non-hydrogen) atoms. The van der Waals surface area contributed by atoms with E-state index < -0.39 is 0 Å². The van der Waals surface area contributed by atoms with Crippen LogP contribution >= 0.6 is 0 Å². The molecule has 7 nitrogen and oxygen atoms in total. The highest BCUT2D eigenvalue weighted by molar-refractivity contribution is 5.80. The van der Waals surface area contributed by atoms with E-state index in [-0.39, 0.29) is 17.7 Å². The zero-order chi connectivity index (χ0) is 17.4. The van der Waals surface area contributed by atoms with Gasteiger partial charge in [0, 0.05) is 44.6 Å². The SMILES string of the molecule is Cc1cccn2cc(CNC(=O)[C@H]3CNC[C@@H]3c3cnn(C)c3)nc12. The van der Waals surface area contributed by atoms with E-state index in [0.717, 1.165) is 29.0 Å². The average molecular weight is 338 g/mol.